The van der Waals surface area contributed by atoms with Crippen molar-refractivity contribution in [2.24, 2.45) is 0 Å². The molecule has 0 aliphatic heterocycles. The number of carbonyl (C=O) groups is 2. The van der Waals surface area contributed by atoms with Crippen molar-refractivity contribution in [3.63, 3.8) is 0 Å². The summed E-state index contributed by atoms with van der Waals surface area (Å²) in [7, 11) is -4.81. The summed E-state index contributed by atoms with van der Waals surface area (Å²) in [5.74, 6) is -1.57. The predicted octanol–water partition coefficient (Wildman–Crippen LogP) is 7.64. The van der Waals surface area contributed by atoms with Crippen molar-refractivity contribution in [1.82, 2.24) is 0 Å². The molecule has 1 aromatic rings. The fourth-order valence-corrected chi connectivity index (χ4v) is 5.65. The van der Waals surface area contributed by atoms with Crippen LogP contribution in [0.1, 0.15) is 176 Å². The molecule has 0 bridgehead atoms. The molecule has 0 atom stereocenters. The van der Waals surface area contributed by atoms with E-state index in [-0.39, 0.29) is 53.9 Å². The Balaban J connectivity index is 0.0000212. The molecule has 0 saturated carbocycles. The second kappa shape index (κ2) is 30.6. The summed E-state index contributed by atoms with van der Waals surface area (Å²) in [5, 5.41) is 0. The Kier molecular flexibility index (Phi) is 29.7. The van der Waals surface area contributed by atoms with E-state index in [1.165, 1.54) is 70.6 Å². The molecule has 262 valence electrons. The number of ether oxygens (including phenoxy) is 2. The molecular weight excluding hydrogens is 623 g/mol. The molecule has 0 amide bonds. The summed E-state index contributed by atoms with van der Waals surface area (Å²) in [6.07, 6.45) is 33.6. The van der Waals surface area contributed by atoms with Crippen molar-refractivity contribution in [2.45, 2.75) is 160 Å². The van der Waals surface area contributed by atoms with Crippen molar-refractivity contribution in [1.29, 1.82) is 0 Å². The molecule has 0 aliphatic carbocycles. The van der Waals surface area contributed by atoms with Crippen molar-refractivity contribution < 1.29 is 61.6 Å². The summed E-state index contributed by atoms with van der Waals surface area (Å²) in [5.41, 5.74) is -0.358. The molecular formula is C38H61NaO7S. The first-order chi connectivity index (χ1) is 22.3. The average molecular weight is 685 g/mol. The first-order valence-electron chi connectivity index (χ1n) is 18.0. The fourth-order valence-electron chi connectivity index (χ4n) is 5.15. The van der Waals surface area contributed by atoms with E-state index in [0.717, 1.165) is 76.0 Å². The van der Waals surface area contributed by atoms with Crippen molar-refractivity contribution in [3.8, 4) is 0 Å². The van der Waals surface area contributed by atoms with Crippen LogP contribution in [0, 0.1) is 0 Å². The van der Waals surface area contributed by atoms with Gasteiger partial charge in [0.05, 0.1) is 29.2 Å². The van der Waals surface area contributed by atoms with Gasteiger partial charge in [0.1, 0.15) is 10.1 Å². The summed E-state index contributed by atoms with van der Waals surface area (Å²) in [6, 6.07) is 3.10. The van der Waals surface area contributed by atoms with Crippen LogP contribution in [0.25, 0.3) is 0 Å². The average Bonchev–Trinajstić information content (AvgIpc) is 3.04. The van der Waals surface area contributed by atoms with Crippen LogP contribution in [-0.4, -0.2) is 38.1 Å². The van der Waals surface area contributed by atoms with Gasteiger partial charge in [0.25, 0.3) is 0 Å². The van der Waals surface area contributed by atoms with E-state index in [4.69, 9.17) is 9.47 Å². The maximum Gasteiger partial charge on any atom is 1.00 e. The van der Waals surface area contributed by atoms with Crippen LogP contribution in [0.3, 0.4) is 0 Å². The SMILES string of the molecule is CCCCC/C=C/CCCCCCCCOC(=O)c1ccc(S(=O)(=O)[O-])cc1C(=O)OCCCCCCCC/C=C/CCCCC.[Na+]. The van der Waals surface area contributed by atoms with Crippen LogP contribution in [0.4, 0.5) is 0 Å². The molecule has 0 heterocycles. The number of rotatable bonds is 29. The van der Waals surface area contributed by atoms with Gasteiger partial charge < -0.3 is 14.0 Å². The van der Waals surface area contributed by atoms with Crippen LogP contribution in [-0.2, 0) is 19.6 Å². The molecule has 0 saturated heterocycles. The van der Waals surface area contributed by atoms with E-state index < -0.39 is 27.0 Å². The standard InChI is InChI=1S/C38H62O7S.Na/c1-3-5-7-9-11-13-15-17-19-21-23-25-27-31-44-37(39)35-30-29-34(46(41,42)43)33-36(35)38(40)45-32-28-26-24-22-20-18-16-14-12-10-8-6-4-2;/h11-14,29-30,33H,3-10,15-28,31-32H2,1-2H3,(H,41,42,43);/q;+1/p-1/b13-11+,14-12+;. The zero-order valence-corrected chi connectivity index (χ0v) is 32.6. The Labute approximate surface area is 308 Å². The molecule has 0 fully saturated rings. The Morgan fingerprint density at radius 3 is 1.34 bits per heavy atom. The minimum Gasteiger partial charge on any atom is -0.744 e. The normalized spacial score (nSPS) is 11.6. The Hall–Kier alpha value is -1.45. The van der Waals surface area contributed by atoms with Crippen molar-refractivity contribution >= 4 is 22.1 Å². The van der Waals surface area contributed by atoms with Gasteiger partial charge in [-0.1, -0.05) is 115 Å². The molecule has 0 aromatic heterocycles. The molecule has 1 rings (SSSR count). The van der Waals surface area contributed by atoms with Gasteiger partial charge in [0.2, 0.25) is 0 Å². The van der Waals surface area contributed by atoms with E-state index in [0.29, 0.717) is 12.8 Å². The molecule has 1 aromatic carbocycles. The van der Waals surface area contributed by atoms with Gasteiger partial charge in [-0.2, -0.15) is 0 Å². The van der Waals surface area contributed by atoms with Gasteiger partial charge in [-0.25, -0.2) is 18.0 Å². The van der Waals surface area contributed by atoms with E-state index in [9.17, 15) is 22.6 Å². The molecule has 9 heteroatoms. The molecule has 0 spiro atoms. The summed E-state index contributed by atoms with van der Waals surface area (Å²) >= 11 is 0. The van der Waals surface area contributed by atoms with Gasteiger partial charge >= 0.3 is 41.5 Å². The van der Waals surface area contributed by atoms with E-state index >= 15 is 0 Å². The Morgan fingerprint density at radius 1 is 0.574 bits per heavy atom. The largest absolute Gasteiger partial charge is 1.00 e. The second-order valence-corrected chi connectivity index (χ2v) is 13.6. The van der Waals surface area contributed by atoms with Gasteiger partial charge in [0, 0.05) is 0 Å². The van der Waals surface area contributed by atoms with Gasteiger partial charge in [-0.05, 0) is 82.4 Å². The van der Waals surface area contributed by atoms with E-state index in [1.54, 1.807) is 0 Å². The third kappa shape index (κ3) is 24.4. The quantitative estimate of drug-likeness (QED) is 0.0280. The number of allylic oxidation sites excluding steroid dienone is 4. The van der Waals surface area contributed by atoms with Crippen LogP contribution in [0.15, 0.2) is 47.4 Å². The summed E-state index contributed by atoms with van der Waals surface area (Å²) in [6.45, 7) is 4.78. The number of hydrogen-bond acceptors (Lipinski definition) is 7. The molecule has 0 radical (unpaired) electrons. The van der Waals surface area contributed by atoms with Gasteiger partial charge in [0.15, 0.2) is 0 Å². The number of benzene rings is 1. The zero-order valence-electron chi connectivity index (χ0n) is 29.8. The van der Waals surface area contributed by atoms with Crippen molar-refractivity contribution in [2.75, 3.05) is 13.2 Å². The smallest absolute Gasteiger partial charge is 0.744 e. The summed E-state index contributed by atoms with van der Waals surface area (Å²) < 4.78 is 45.5. The zero-order chi connectivity index (χ0) is 33.7. The first kappa shape index (κ1) is 45.6. The van der Waals surface area contributed by atoms with E-state index in [2.05, 4.69) is 38.2 Å². The number of hydrogen-bond donors (Lipinski definition) is 0. The minimum atomic E-state index is -4.81. The third-order valence-electron chi connectivity index (χ3n) is 8.00. The first-order valence-corrected chi connectivity index (χ1v) is 19.5. The third-order valence-corrected chi connectivity index (χ3v) is 8.83. The number of carbonyl (C=O) groups excluding carboxylic acids is 2. The molecule has 7 nitrogen and oxygen atoms in total. The Morgan fingerprint density at radius 2 is 0.936 bits per heavy atom. The second-order valence-electron chi connectivity index (χ2n) is 12.2. The van der Waals surface area contributed by atoms with Crippen molar-refractivity contribution in [3.05, 3.63) is 53.6 Å². The van der Waals surface area contributed by atoms with Crippen LogP contribution < -0.4 is 29.6 Å². The topological polar surface area (TPSA) is 110 Å². The Bertz CT molecular complexity index is 1120. The van der Waals surface area contributed by atoms with Gasteiger partial charge in [-0.3, -0.25) is 0 Å². The fraction of sp³-hybridized carbons (Fsp3) is 0.684. The van der Waals surface area contributed by atoms with Crippen LogP contribution >= 0.6 is 0 Å². The molecule has 0 unspecified atom stereocenters. The monoisotopic (exact) mass is 684 g/mol. The molecule has 47 heavy (non-hydrogen) atoms. The van der Waals surface area contributed by atoms with Crippen LogP contribution in [0.5, 0.6) is 0 Å². The van der Waals surface area contributed by atoms with Gasteiger partial charge in [-0.15, -0.1) is 0 Å². The number of esters is 2. The predicted molar refractivity (Wildman–Crippen MR) is 186 cm³/mol. The minimum absolute atomic E-state index is 0. The molecule has 0 aliphatic rings. The summed E-state index contributed by atoms with van der Waals surface area (Å²) in [4.78, 5) is 25.0. The van der Waals surface area contributed by atoms with E-state index in [1.807, 2.05) is 0 Å². The maximum absolute atomic E-state index is 12.8. The van der Waals surface area contributed by atoms with Crippen LogP contribution in [0.2, 0.25) is 0 Å². The molecule has 0 N–H and O–H groups in total. The number of unbranched alkanes of at least 4 members (excludes halogenated alkanes) is 18. The maximum atomic E-state index is 12.8.